The number of hydrogen-bond donors (Lipinski definition) is 1. The number of carboxylic acid groups (broad SMARTS) is 1. The Morgan fingerprint density at radius 1 is 1.18 bits per heavy atom. The van der Waals surface area contributed by atoms with Crippen LogP contribution in [0.4, 0.5) is 0 Å². The van der Waals surface area contributed by atoms with E-state index in [1.165, 1.54) is 0 Å². The summed E-state index contributed by atoms with van der Waals surface area (Å²) in [6.45, 7) is -0.0275. The molecule has 17 heavy (non-hydrogen) atoms. The molecule has 0 amide bonds. The summed E-state index contributed by atoms with van der Waals surface area (Å²) in [5, 5.41) is 25.2. The second-order valence-electron chi connectivity index (χ2n) is 3.18. The largest absolute Gasteiger partial charge is 0.481 e. The summed E-state index contributed by atoms with van der Waals surface area (Å²) in [4.78, 5) is 10.3. The number of nitriles is 2. The van der Waals surface area contributed by atoms with Gasteiger partial charge in [0.15, 0.2) is 0 Å². The normalized spacial score (nSPS) is 10.8. The summed E-state index contributed by atoms with van der Waals surface area (Å²) in [6.07, 6.45) is -0.465. The van der Waals surface area contributed by atoms with Gasteiger partial charge in [-0.15, -0.1) is 0 Å². The molecule has 0 aromatic heterocycles. The maximum atomic E-state index is 11.7. The van der Waals surface area contributed by atoms with E-state index in [1.807, 2.05) is 0 Å². The molecule has 0 radical (unpaired) electrons. The topological polar surface area (TPSA) is 122 Å². The molecule has 8 heteroatoms. The Hall–Kier alpha value is -1.64. The van der Waals surface area contributed by atoms with Gasteiger partial charge < -0.3 is 5.11 Å². The van der Waals surface area contributed by atoms with Crippen LogP contribution < -0.4 is 0 Å². The fourth-order valence-corrected chi connectivity index (χ4v) is 2.51. The molecule has 0 aliphatic heterocycles. The SMILES string of the molecule is N#CCCN(CCC#N)S(=O)(=O)CCC(=O)O. The molecule has 0 unspecified atom stereocenters. The van der Waals surface area contributed by atoms with Crippen LogP contribution in [0.1, 0.15) is 19.3 Å². The van der Waals surface area contributed by atoms with Crippen LogP contribution in [0.5, 0.6) is 0 Å². The van der Waals surface area contributed by atoms with Gasteiger partial charge in [-0.25, -0.2) is 8.42 Å². The van der Waals surface area contributed by atoms with Crippen LogP contribution in [0.25, 0.3) is 0 Å². The van der Waals surface area contributed by atoms with Crippen molar-refractivity contribution in [1.29, 1.82) is 10.5 Å². The van der Waals surface area contributed by atoms with Crippen molar-refractivity contribution in [2.24, 2.45) is 0 Å². The smallest absolute Gasteiger partial charge is 0.304 e. The lowest BCUT2D eigenvalue weighted by atomic mass is 10.4. The van der Waals surface area contributed by atoms with Crippen LogP contribution in [0.3, 0.4) is 0 Å². The summed E-state index contributed by atoms with van der Waals surface area (Å²) >= 11 is 0. The van der Waals surface area contributed by atoms with E-state index in [2.05, 4.69) is 0 Å². The molecule has 0 aromatic rings. The predicted molar refractivity (Wildman–Crippen MR) is 58.1 cm³/mol. The Balaban J connectivity index is 4.59. The van der Waals surface area contributed by atoms with E-state index in [1.54, 1.807) is 12.1 Å². The highest BCUT2D eigenvalue weighted by atomic mass is 32.2. The second kappa shape index (κ2) is 7.60. The lowest BCUT2D eigenvalue weighted by Crippen LogP contribution is -2.35. The van der Waals surface area contributed by atoms with E-state index in [4.69, 9.17) is 15.6 Å². The van der Waals surface area contributed by atoms with Gasteiger partial charge in [-0.2, -0.15) is 14.8 Å². The molecule has 0 saturated heterocycles. The average molecular weight is 259 g/mol. The second-order valence-corrected chi connectivity index (χ2v) is 5.26. The highest BCUT2D eigenvalue weighted by Crippen LogP contribution is 2.05. The van der Waals surface area contributed by atoms with Gasteiger partial charge in [-0.1, -0.05) is 0 Å². The molecule has 0 atom stereocenters. The standard InChI is InChI=1S/C9H13N3O4S/c10-4-1-6-12(7-2-5-11)17(15,16)8-3-9(13)14/h1-3,6-8H2,(H,13,14). The highest BCUT2D eigenvalue weighted by molar-refractivity contribution is 7.89. The van der Waals surface area contributed by atoms with Crippen LogP contribution in [0.15, 0.2) is 0 Å². The molecule has 1 N–H and O–H groups in total. The first kappa shape index (κ1) is 15.4. The van der Waals surface area contributed by atoms with E-state index in [-0.39, 0.29) is 25.9 Å². The average Bonchev–Trinajstić information content (AvgIpc) is 2.26. The fourth-order valence-electron chi connectivity index (χ4n) is 1.08. The number of rotatable bonds is 8. The highest BCUT2D eigenvalue weighted by Gasteiger charge is 2.22. The first-order valence-corrected chi connectivity index (χ1v) is 6.48. The van der Waals surface area contributed by atoms with Crippen molar-refractivity contribution in [2.45, 2.75) is 19.3 Å². The molecule has 0 heterocycles. The van der Waals surface area contributed by atoms with Crippen LogP contribution in [0.2, 0.25) is 0 Å². The van der Waals surface area contributed by atoms with E-state index >= 15 is 0 Å². The van der Waals surface area contributed by atoms with Crippen molar-refractivity contribution in [3.63, 3.8) is 0 Å². The molecule has 0 aliphatic rings. The van der Waals surface area contributed by atoms with E-state index in [0.717, 1.165) is 4.31 Å². The summed E-state index contributed by atoms with van der Waals surface area (Å²) < 4.78 is 24.4. The van der Waals surface area contributed by atoms with Gasteiger partial charge in [0.2, 0.25) is 10.0 Å². The lowest BCUT2D eigenvalue weighted by molar-refractivity contribution is -0.136. The molecule has 94 valence electrons. The number of hydrogen-bond acceptors (Lipinski definition) is 5. The Morgan fingerprint density at radius 2 is 1.65 bits per heavy atom. The molecular weight excluding hydrogens is 246 g/mol. The Labute approximate surface area is 99.9 Å². The molecule has 0 aromatic carbocycles. The molecule has 0 spiro atoms. The van der Waals surface area contributed by atoms with Crippen LogP contribution in [0, 0.1) is 22.7 Å². The summed E-state index contributed by atoms with van der Waals surface area (Å²) in [6, 6.07) is 3.61. The minimum atomic E-state index is -3.71. The molecule has 0 rings (SSSR count). The Kier molecular flexibility index (Phi) is 6.87. The predicted octanol–water partition coefficient (Wildman–Crippen LogP) is -0.0797. The first-order valence-electron chi connectivity index (χ1n) is 4.87. The van der Waals surface area contributed by atoms with E-state index in [9.17, 15) is 13.2 Å². The molecular formula is C9H13N3O4S. The number of carbonyl (C=O) groups is 1. The van der Waals surface area contributed by atoms with Gasteiger partial charge in [-0.05, 0) is 0 Å². The maximum Gasteiger partial charge on any atom is 0.304 e. The quantitative estimate of drug-likeness (QED) is 0.650. The van der Waals surface area contributed by atoms with Crippen molar-refractivity contribution in [3.8, 4) is 12.1 Å². The van der Waals surface area contributed by atoms with Gasteiger partial charge in [0.1, 0.15) is 0 Å². The number of carboxylic acids is 1. The zero-order valence-electron chi connectivity index (χ0n) is 9.16. The molecule has 0 bridgehead atoms. The third-order valence-electron chi connectivity index (χ3n) is 1.91. The third-order valence-corrected chi connectivity index (χ3v) is 3.79. The number of sulfonamides is 1. The van der Waals surface area contributed by atoms with Crippen LogP contribution in [-0.4, -0.2) is 42.6 Å². The monoisotopic (exact) mass is 259 g/mol. The molecule has 7 nitrogen and oxygen atoms in total. The van der Waals surface area contributed by atoms with E-state index in [0.29, 0.717) is 0 Å². The third kappa shape index (κ3) is 6.51. The Morgan fingerprint density at radius 3 is 2.00 bits per heavy atom. The summed E-state index contributed by atoms with van der Waals surface area (Å²) in [5.41, 5.74) is 0. The molecule has 0 saturated carbocycles. The van der Waals surface area contributed by atoms with Crippen molar-refractivity contribution >= 4 is 16.0 Å². The van der Waals surface area contributed by atoms with Crippen molar-refractivity contribution < 1.29 is 18.3 Å². The van der Waals surface area contributed by atoms with Gasteiger partial charge in [0.25, 0.3) is 0 Å². The number of nitrogens with zero attached hydrogens (tertiary/aromatic N) is 3. The van der Waals surface area contributed by atoms with Crippen molar-refractivity contribution in [2.75, 3.05) is 18.8 Å². The van der Waals surface area contributed by atoms with Crippen molar-refractivity contribution in [1.82, 2.24) is 4.31 Å². The summed E-state index contributed by atoms with van der Waals surface area (Å²) in [7, 11) is -3.71. The van der Waals surface area contributed by atoms with Gasteiger partial charge in [0.05, 0.1) is 24.3 Å². The zero-order chi connectivity index (χ0) is 13.3. The number of aliphatic carboxylic acids is 1. The lowest BCUT2D eigenvalue weighted by Gasteiger charge is -2.19. The van der Waals surface area contributed by atoms with Gasteiger partial charge >= 0.3 is 5.97 Å². The Bertz CT molecular complexity index is 414. The van der Waals surface area contributed by atoms with Crippen LogP contribution >= 0.6 is 0 Å². The van der Waals surface area contributed by atoms with E-state index < -0.39 is 28.2 Å². The fraction of sp³-hybridized carbons (Fsp3) is 0.667. The zero-order valence-corrected chi connectivity index (χ0v) is 9.98. The molecule has 0 aliphatic carbocycles. The van der Waals surface area contributed by atoms with Crippen molar-refractivity contribution in [3.05, 3.63) is 0 Å². The maximum absolute atomic E-state index is 11.7. The first-order chi connectivity index (χ1) is 7.94. The van der Waals surface area contributed by atoms with Gasteiger partial charge in [0, 0.05) is 25.9 Å². The summed E-state index contributed by atoms with van der Waals surface area (Å²) in [5.74, 6) is -1.71. The van der Waals surface area contributed by atoms with Gasteiger partial charge in [-0.3, -0.25) is 4.79 Å². The minimum Gasteiger partial charge on any atom is -0.481 e. The molecule has 0 fully saturated rings. The van der Waals surface area contributed by atoms with Crippen LogP contribution in [-0.2, 0) is 14.8 Å². The minimum absolute atomic E-state index is 0.0116.